The first-order valence-electron chi connectivity index (χ1n) is 9.45. The summed E-state index contributed by atoms with van der Waals surface area (Å²) in [6.07, 6.45) is 0.861. The van der Waals surface area contributed by atoms with Gasteiger partial charge in [0.25, 0.3) is 17.7 Å². The number of para-hydroxylation sites is 1. The third-order valence-electron chi connectivity index (χ3n) is 4.33. The molecule has 2 aromatic heterocycles. The molecule has 0 saturated carbocycles. The van der Waals surface area contributed by atoms with Crippen molar-refractivity contribution in [3.05, 3.63) is 45.6 Å². The van der Waals surface area contributed by atoms with Gasteiger partial charge in [0.2, 0.25) is 0 Å². The average molecular weight is 446 g/mol. The molecular formula is C20H23N5O3S2. The van der Waals surface area contributed by atoms with Crippen molar-refractivity contribution in [3.63, 3.8) is 0 Å². The van der Waals surface area contributed by atoms with Crippen LogP contribution in [0, 0.1) is 6.92 Å². The topological polar surface area (TPSA) is 112 Å². The Bertz CT molecular complexity index is 1040. The van der Waals surface area contributed by atoms with Crippen LogP contribution < -0.4 is 21.5 Å². The van der Waals surface area contributed by atoms with Gasteiger partial charge in [-0.3, -0.25) is 25.2 Å². The quantitative estimate of drug-likeness (QED) is 0.418. The van der Waals surface area contributed by atoms with Gasteiger partial charge in [-0.1, -0.05) is 30.4 Å². The van der Waals surface area contributed by atoms with Crippen molar-refractivity contribution in [2.45, 2.75) is 33.2 Å². The summed E-state index contributed by atoms with van der Waals surface area (Å²) in [5.74, 6) is -1.25. The fourth-order valence-corrected chi connectivity index (χ4v) is 4.68. The van der Waals surface area contributed by atoms with E-state index in [4.69, 9.17) is 0 Å². The standard InChI is InChI=1S/C20H23N5O3S2/c1-4-14-11(2)9-16(29-14)19(28)21-10-17(26)24-25-18(27)12(3)22-20-23-13-7-5-6-8-15(13)30-20/h5-9,12H,4,10H2,1-3H3,(H,21,28)(H,22,23)(H,24,26)(H,25,27)/t12-/m0/s1. The predicted molar refractivity (Wildman–Crippen MR) is 120 cm³/mol. The van der Waals surface area contributed by atoms with Gasteiger partial charge in [-0.25, -0.2) is 4.98 Å². The number of rotatable bonds is 7. The summed E-state index contributed by atoms with van der Waals surface area (Å²) in [5, 5.41) is 6.19. The number of anilines is 1. The van der Waals surface area contributed by atoms with E-state index in [1.54, 1.807) is 6.92 Å². The van der Waals surface area contributed by atoms with Crippen LogP contribution in [0.5, 0.6) is 0 Å². The summed E-state index contributed by atoms with van der Waals surface area (Å²) >= 11 is 2.86. The molecule has 0 aliphatic heterocycles. The minimum atomic E-state index is -0.609. The molecule has 0 saturated heterocycles. The predicted octanol–water partition coefficient (Wildman–Crippen LogP) is 2.61. The van der Waals surface area contributed by atoms with Gasteiger partial charge in [-0.05, 0) is 44.0 Å². The Labute approximate surface area is 182 Å². The van der Waals surface area contributed by atoms with Crippen molar-refractivity contribution in [1.82, 2.24) is 21.2 Å². The molecule has 3 rings (SSSR count). The molecule has 3 aromatic rings. The fourth-order valence-electron chi connectivity index (χ4n) is 2.70. The highest BCUT2D eigenvalue weighted by molar-refractivity contribution is 7.22. The van der Waals surface area contributed by atoms with Crippen LogP contribution in [-0.4, -0.2) is 35.3 Å². The zero-order chi connectivity index (χ0) is 21.7. The van der Waals surface area contributed by atoms with Crippen LogP contribution in [0.25, 0.3) is 10.2 Å². The first-order valence-corrected chi connectivity index (χ1v) is 11.1. The summed E-state index contributed by atoms with van der Waals surface area (Å²) in [4.78, 5) is 42.4. The molecule has 0 unspecified atom stereocenters. The highest BCUT2D eigenvalue weighted by Gasteiger charge is 2.16. The summed E-state index contributed by atoms with van der Waals surface area (Å²) in [6, 6.07) is 8.89. The van der Waals surface area contributed by atoms with Gasteiger partial charge in [0, 0.05) is 4.88 Å². The molecule has 2 heterocycles. The Morgan fingerprint density at radius 1 is 1.13 bits per heavy atom. The third kappa shape index (κ3) is 5.33. The molecular weight excluding hydrogens is 422 g/mol. The molecule has 0 aliphatic rings. The van der Waals surface area contributed by atoms with Crippen LogP contribution in [0.3, 0.4) is 0 Å². The maximum atomic E-state index is 12.2. The van der Waals surface area contributed by atoms with Gasteiger partial charge in [0.05, 0.1) is 21.6 Å². The molecule has 158 valence electrons. The number of thiazole rings is 1. The van der Waals surface area contributed by atoms with Crippen molar-refractivity contribution in [1.29, 1.82) is 0 Å². The molecule has 0 bridgehead atoms. The highest BCUT2D eigenvalue weighted by atomic mass is 32.1. The molecule has 1 aromatic carbocycles. The number of hydrogen-bond acceptors (Lipinski definition) is 7. The molecule has 8 nitrogen and oxygen atoms in total. The summed E-state index contributed by atoms with van der Waals surface area (Å²) in [7, 11) is 0. The number of carbonyl (C=O) groups is 3. The van der Waals surface area contributed by atoms with Crippen LogP contribution in [0.15, 0.2) is 30.3 Å². The second kappa shape index (κ2) is 9.68. The number of hydrogen-bond donors (Lipinski definition) is 4. The average Bonchev–Trinajstić information content (AvgIpc) is 3.32. The molecule has 0 aliphatic carbocycles. The summed E-state index contributed by atoms with van der Waals surface area (Å²) in [5.41, 5.74) is 6.58. The number of hydrazine groups is 1. The number of nitrogens with one attached hydrogen (secondary N) is 4. The maximum absolute atomic E-state index is 12.2. The Balaban J connectivity index is 1.43. The number of carbonyl (C=O) groups excluding carboxylic acids is 3. The number of aryl methyl sites for hydroxylation is 2. The maximum Gasteiger partial charge on any atom is 0.261 e. The van der Waals surface area contributed by atoms with Crippen LogP contribution in [0.1, 0.15) is 34.0 Å². The number of nitrogens with zero attached hydrogens (tertiary/aromatic N) is 1. The molecule has 4 N–H and O–H groups in total. The van der Waals surface area contributed by atoms with E-state index in [1.807, 2.05) is 44.2 Å². The largest absolute Gasteiger partial charge is 0.350 e. The Hall–Kier alpha value is -2.98. The number of aromatic nitrogens is 1. The first kappa shape index (κ1) is 21.7. The minimum absolute atomic E-state index is 0.239. The van der Waals surface area contributed by atoms with E-state index in [1.165, 1.54) is 22.7 Å². The first-order chi connectivity index (χ1) is 14.4. The fraction of sp³-hybridized carbons (Fsp3) is 0.300. The van der Waals surface area contributed by atoms with E-state index in [0.29, 0.717) is 10.0 Å². The van der Waals surface area contributed by atoms with Gasteiger partial charge in [-0.15, -0.1) is 11.3 Å². The molecule has 3 amide bonds. The number of amides is 3. The van der Waals surface area contributed by atoms with E-state index in [9.17, 15) is 14.4 Å². The monoisotopic (exact) mass is 445 g/mol. The highest BCUT2D eigenvalue weighted by Crippen LogP contribution is 2.25. The number of thiophene rings is 1. The molecule has 0 radical (unpaired) electrons. The Morgan fingerprint density at radius 2 is 1.90 bits per heavy atom. The second-order valence-corrected chi connectivity index (χ2v) is 8.81. The normalized spacial score (nSPS) is 11.7. The molecule has 30 heavy (non-hydrogen) atoms. The number of fused-ring (bicyclic) bond motifs is 1. The zero-order valence-electron chi connectivity index (χ0n) is 16.9. The van der Waals surface area contributed by atoms with Gasteiger partial charge in [-0.2, -0.15) is 0 Å². The smallest absolute Gasteiger partial charge is 0.261 e. The third-order valence-corrected chi connectivity index (χ3v) is 6.68. The van der Waals surface area contributed by atoms with Crippen molar-refractivity contribution in [2.75, 3.05) is 11.9 Å². The molecule has 0 fully saturated rings. The zero-order valence-corrected chi connectivity index (χ0v) is 18.5. The SMILES string of the molecule is CCc1sc(C(=O)NCC(=O)NNC(=O)[C@H](C)Nc2nc3ccccc3s2)cc1C. The van der Waals surface area contributed by atoms with E-state index in [2.05, 4.69) is 26.5 Å². The van der Waals surface area contributed by atoms with E-state index < -0.39 is 17.9 Å². The van der Waals surface area contributed by atoms with Crippen molar-refractivity contribution < 1.29 is 14.4 Å². The van der Waals surface area contributed by atoms with Gasteiger partial charge in [0.1, 0.15) is 6.04 Å². The van der Waals surface area contributed by atoms with Crippen molar-refractivity contribution >= 4 is 55.7 Å². The number of benzene rings is 1. The van der Waals surface area contributed by atoms with Crippen LogP contribution in [0.2, 0.25) is 0 Å². The van der Waals surface area contributed by atoms with Crippen molar-refractivity contribution in [2.24, 2.45) is 0 Å². The molecule has 10 heteroatoms. The lowest BCUT2D eigenvalue weighted by molar-refractivity contribution is -0.128. The minimum Gasteiger partial charge on any atom is -0.350 e. The Kier molecular flexibility index (Phi) is 7.01. The van der Waals surface area contributed by atoms with Gasteiger partial charge in [0.15, 0.2) is 5.13 Å². The van der Waals surface area contributed by atoms with E-state index >= 15 is 0 Å². The van der Waals surface area contributed by atoms with Crippen LogP contribution in [0.4, 0.5) is 5.13 Å². The van der Waals surface area contributed by atoms with E-state index in [0.717, 1.165) is 27.1 Å². The molecule has 1 atom stereocenters. The lowest BCUT2D eigenvalue weighted by Crippen LogP contribution is -2.50. The summed E-state index contributed by atoms with van der Waals surface area (Å²) in [6.45, 7) is 5.41. The van der Waals surface area contributed by atoms with E-state index in [-0.39, 0.29) is 12.5 Å². The van der Waals surface area contributed by atoms with Crippen molar-refractivity contribution in [3.8, 4) is 0 Å². The summed E-state index contributed by atoms with van der Waals surface area (Å²) < 4.78 is 1.02. The van der Waals surface area contributed by atoms with Crippen LogP contribution in [-0.2, 0) is 16.0 Å². The lowest BCUT2D eigenvalue weighted by atomic mass is 10.2. The van der Waals surface area contributed by atoms with Crippen LogP contribution >= 0.6 is 22.7 Å². The lowest BCUT2D eigenvalue weighted by Gasteiger charge is -2.14. The molecule has 0 spiro atoms. The Morgan fingerprint density at radius 3 is 2.60 bits per heavy atom. The second-order valence-electron chi connectivity index (χ2n) is 6.64. The van der Waals surface area contributed by atoms with Gasteiger partial charge >= 0.3 is 0 Å². The van der Waals surface area contributed by atoms with Gasteiger partial charge < -0.3 is 10.6 Å².